The first kappa shape index (κ1) is 15.5. The maximum Gasteiger partial charge on any atom is 0.187 e. The van der Waals surface area contributed by atoms with E-state index in [0.29, 0.717) is 13.1 Å². The lowest BCUT2D eigenvalue weighted by Crippen LogP contribution is -2.31. The molecule has 2 atom stereocenters. The highest BCUT2D eigenvalue weighted by atomic mass is 32.1. The normalized spacial score (nSPS) is 20.6. The summed E-state index contributed by atoms with van der Waals surface area (Å²) >= 11 is 3.20. The van der Waals surface area contributed by atoms with Gasteiger partial charge in [-0.2, -0.15) is 0 Å². The number of anilines is 2. The van der Waals surface area contributed by atoms with Crippen LogP contribution in [0, 0.1) is 6.92 Å². The average molecular weight is 360 g/mol. The molecule has 4 rings (SSSR count). The molecule has 0 radical (unpaired) electrons. The summed E-state index contributed by atoms with van der Waals surface area (Å²) in [7, 11) is 0. The van der Waals surface area contributed by atoms with E-state index in [0.717, 1.165) is 32.3 Å². The number of aryl methyl sites for hydroxylation is 1. The number of carbonyl (C=O) groups excluding carboxylic acids is 1. The molecule has 8 heteroatoms. The van der Waals surface area contributed by atoms with Crippen LogP contribution in [-0.2, 0) is 9.53 Å². The summed E-state index contributed by atoms with van der Waals surface area (Å²) in [6, 6.07) is 6.08. The third-order valence-corrected chi connectivity index (χ3v) is 5.54. The maximum absolute atomic E-state index is 11.4. The van der Waals surface area contributed by atoms with Crippen LogP contribution in [0.25, 0.3) is 10.2 Å². The van der Waals surface area contributed by atoms with Gasteiger partial charge in [0.2, 0.25) is 0 Å². The first-order chi connectivity index (χ1) is 11.7. The molecule has 1 N–H and O–H groups in total. The maximum atomic E-state index is 11.4. The van der Waals surface area contributed by atoms with Gasteiger partial charge in [-0.25, -0.2) is 9.97 Å². The van der Waals surface area contributed by atoms with Crippen LogP contribution in [0.5, 0.6) is 0 Å². The molecule has 24 heavy (non-hydrogen) atoms. The SMILES string of the molecule is Cc1nc2ccc(N3C[C@@H](CNc4nccs4)OC3C=O)cc2s1. The van der Waals surface area contributed by atoms with Crippen LogP contribution in [0.3, 0.4) is 0 Å². The molecule has 3 aromatic rings. The zero-order chi connectivity index (χ0) is 16.5. The van der Waals surface area contributed by atoms with Crippen molar-refractivity contribution in [3.8, 4) is 0 Å². The Kier molecular flexibility index (Phi) is 4.17. The first-order valence-corrected chi connectivity index (χ1v) is 9.30. The zero-order valence-corrected chi connectivity index (χ0v) is 14.6. The highest BCUT2D eigenvalue weighted by Gasteiger charge is 2.33. The smallest absolute Gasteiger partial charge is 0.187 e. The lowest BCUT2D eigenvalue weighted by atomic mass is 10.2. The predicted octanol–water partition coefficient (Wildman–Crippen LogP) is 2.90. The molecule has 0 spiro atoms. The van der Waals surface area contributed by atoms with Gasteiger partial charge in [-0.05, 0) is 25.1 Å². The molecule has 6 nitrogen and oxygen atoms in total. The number of aromatic nitrogens is 2. The van der Waals surface area contributed by atoms with E-state index in [1.807, 2.05) is 29.3 Å². The van der Waals surface area contributed by atoms with Crippen molar-refractivity contribution < 1.29 is 9.53 Å². The minimum Gasteiger partial charge on any atom is -0.359 e. The molecule has 124 valence electrons. The van der Waals surface area contributed by atoms with Crippen molar-refractivity contribution in [3.63, 3.8) is 0 Å². The fourth-order valence-electron chi connectivity index (χ4n) is 2.83. The zero-order valence-electron chi connectivity index (χ0n) is 13.0. The Morgan fingerprint density at radius 1 is 1.50 bits per heavy atom. The van der Waals surface area contributed by atoms with Gasteiger partial charge in [-0.15, -0.1) is 22.7 Å². The summed E-state index contributed by atoms with van der Waals surface area (Å²) in [5, 5.41) is 7.07. The van der Waals surface area contributed by atoms with E-state index >= 15 is 0 Å². The summed E-state index contributed by atoms with van der Waals surface area (Å²) in [5.41, 5.74) is 1.98. The van der Waals surface area contributed by atoms with Gasteiger partial charge < -0.3 is 15.0 Å². The van der Waals surface area contributed by atoms with E-state index in [4.69, 9.17) is 4.74 Å². The quantitative estimate of drug-likeness (QED) is 0.706. The van der Waals surface area contributed by atoms with Gasteiger partial charge in [0.15, 0.2) is 17.6 Å². The molecule has 0 amide bonds. The lowest BCUT2D eigenvalue weighted by molar-refractivity contribution is -0.116. The largest absolute Gasteiger partial charge is 0.359 e. The number of hydrogen-bond donors (Lipinski definition) is 1. The Morgan fingerprint density at radius 2 is 2.42 bits per heavy atom. The standard InChI is InChI=1S/C16H16N4O2S2/c1-10-19-13-3-2-11(6-14(13)24-10)20-8-12(22-15(20)9-21)7-18-16-17-4-5-23-16/h2-6,9,12,15H,7-8H2,1H3,(H,17,18)/t12-,15?/m1/s1. The van der Waals surface area contributed by atoms with Crippen molar-refractivity contribution in [2.45, 2.75) is 19.3 Å². The monoisotopic (exact) mass is 360 g/mol. The topological polar surface area (TPSA) is 67.3 Å². The van der Waals surface area contributed by atoms with E-state index in [-0.39, 0.29) is 6.10 Å². The van der Waals surface area contributed by atoms with Crippen LogP contribution in [0.4, 0.5) is 10.8 Å². The molecule has 0 bridgehead atoms. The molecular weight excluding hydrogens is 344 g/mol. The van der Waals surface area contributed by atoms with E-state index in [1.54, 1.807) is 28.9 Å². The Hall–Kier alpha value is -2.03. The summed E-state index contributed by atoms with van der Waals surface area (Å²) in [5.74, 6) is 0. The van der Waals surface area contributed by atoms with Crippen LogP contribution >= 0.6 is 22.7 Å². The van der Waals surface area contributed by atoms with Gasteiger partial charge in [-0.3, -0.25) is 4.79 Å². The van der Waals surface area contributed by atoms with E-state index < -0.39 is 6.23 Å². The molecule has 1 aliphatic rings. The number of nitrogens with one attached hydrogen (secondary N) is 1. The summed E-state index contributed by atoms with van der Waals surface area (Å²) in [4.78, 5) is 22.1. The predicted molar refractivity (Wildman–Crippen MR) is 97.0 cm³/mol. The van der Waals surface area contributed by atoms with E-state index in [2.05, 4.69) is 21.4 Å². The van der Waals surface area contributed by atoms with Gasteiger partial charge >= 0.3 is 0 Å². The van der Waals surface area contributed by atoms with Crippen molar-refractivity contribution in [1.82, 2.24) is 9.97 Å². The second-order valence-electron chi connectivity index (χ2n) is 5.54. The number of nitrogens with zero attached hydrogens (tertiary/aromatic N) is 3. The number of aldehydes is 1. The number of carbonyl (C=O) groups is 1. The first-order valence-electron chi connectivity index (χ1n) is 7.61. The molecule has 1 aromatic carbocycles. The molecule has 1 aliphatic heterocycles. The number of fused-ring (bicyclic) bond motifs is 1. The molecule has 1 saturated heterocycles. The van der Waals surface area contributed by atoms with E-state index in [9.17, 15) is 4.79 Å². The second kappa shape index (κ2) is 6.46. The highest BCUT2D eigenvalue weighted by Crippen LogP contribution is 2.30. The Morgan fingerprint density at radius 3 is 3.21 bits per heavy atom. The molecule has 1 unspecified atom stereocenters. The van der Waals surface area contributed by atoms with Crippen molar-refractivity contribution in [1.29, 1.82) is 0 Å². The average Bonchev–Trinajstić information content (AvgIpc) is 3.30. The second-order valence-corrected chi connectivity index (χ2v) is 7.67. The molecule has 2 aromatic heterocycles. The minimum absolute atomic E-state index is 0.0667. The van der Waals surface area contributed by atoms with Crippen LogP contribution in [-0.4, -0.2) is 41.7 Å². The Labute approximate surface area is 147 Å². The van der Waals surface area contributed by atoms with Gasteiger partial charge in [0.1, 0.15) is 0 Å². The van der Waals surface area contributed by atoms with Crippen LogP contribution in [0.2, 0.25) is 0 Å². The summed E-state index contributed by atoms with van der Waals surface area (Å²) in [6.45, 7) is 3.28. The van der Waals surface area contributed by atoms with Gasteiger partial charge in [0, 0.05) is 30.4 Å². The summed E-state index contributed by atoms with van der Waals surface area (Å²) in [6.07, 6.45) is 1.99. The number of thiazole rings is 2. The third-order valence-electron chi connectivity index (χ3n) is 3.88. The van der Waals surface area contributed by atoms with Crippen molar-refractivity contribution in [2.75, 3.05) is 23.3 Å². The van der Waals surface area contributed by atoms with Crippen LogP contribution < -0.4 is 10.2 Å². The van der Waals surface area contributed by atoms with Gasteiger partial charge in [0.25, 0.3) is 0 Å². The van der Waals surface area contributed by atoms with Crippen molar-refractivity contribution >= 4 is 50.0 Å². The number of rotatable bonds is 5. The minimum atomic E-state index is -0.556. The fourth-order valence-corrected chi connectivity index (χ4v) is 4.23. The molecule has 0 saturated carbocycles. The van der Waals surface area contributed by atoms with E-state index in [1.165, 1.54) is 0 Å². The lowest BCUT2D eigenvalue weighted by Gasteiger charge is -2.20. The number of ether oxygens (including phenoxy) is 1. The molecular formula is C16H16N4O2S2. The van der Waals surface area contributed by atoms with Gasteiger partial charge in [0.05, 0.1) is 21.3 Å². The highest BCUT2D eigenvalue weighted by molar-refractivity contribution is 7.18. The third kappa shape index (κ3) is 3.00. The fraction of sp³-hybridized carbons (Fsp3) is 0.312. The van der Waals surface area contributed by atoms with Gasteiger partial charge in [-0.1, -0.05) is 0 Å². The summed E-state index contributed by atoms with van der Waals surface area (Å²) < 4.78 is 6.98. The molecule has 1 fully saturated rings. The Balaban J connectivity index is 1.51. The Bertz CT molecular complexity index is 849. The molecule has 3 heterocycles. The number of benzene rings is 1. The number of hydrogen-bond acceptors (Lipinski definition) is 8. The van der Waals surface area contributed by atoms with Crippen molar-refractivity contribution in [2.24, 2.45) is 0 Å². The van der Waals surface area contributed by atoms with Crippen molar-refractivity contribution in [3.05, 3.63) is 34.8 Å². The van der Waals surface area contributed by atoms with Crippen LogP contribution in [0.15, 0.2) is 29.8 Å². The van der Waals surface area contributed by atoms with Crippen LogP contribution in [0.1, 0.15) is 5.01 Å². The molecule has 0 aliphatic carbocycles.